The van der Waals surface area contributed by atoms with Gasteiger partial charge in [-0.3, -0.25) is 0 Å². The Morgan fingerprint density at radius 2 is 2.67 bits per heavy atom. The van der Waals surface area contributed by atoms with Crippen molar-refractivity contribution in [2.75, 3.05) is 13.1 Å². The van der Waals surface area contributed by atoms with E-state index in [1.807, 2.05) is 11.3 Å². The zero-order chi connectivity index (χ0) is 8.39. The van der Waals surface area contributed by atoms with Gasteiger partial charge in [-0.15, -0.1) is 11.3 Å². The molecule has 1 aromatic heterocycles. The fourth-order valence-electron chi connectivity index (χ4n) is 1.54. The summed E-state index contributed by atoms with van der Waals surface area (Å²) in [5.74, 6) is 0.690. The van der Waals surface area contributed by atoms with Gasteiger partial charge in [0, 0.05) is 17.8 Å². The van der Waals surface area contributed by atoms with Crippen LogP contribution >= 0.6 is 11.3 Å². The van der Waals surface area contributed by atoms with E-state index in [1.54, 1.807) is 0 Å². The van der Waals surface area contributed by atoms with Gasteiger partial charge in [-0.2, -0.15) is 0 Å². The van der Waals surface area contributed by atoms with Crippen molar-refractivity contribution < 1.29 is 0 Å². The molecule has 1 atom stereocenters. The van der Waals surface area contributed by atoms with Gasteiger partial charge in [0.15, 0.2) is 0 Å². The number of rotatable bonds is 2. The molecule has 3 heteroatoms. The molecule has 1 aromatic rings. The highest BCUT2D eigenvalue weighted by molar-refractivity contribution is 7.09. The maximum atomic E-state index is 4.59. The lowest BCUT2D eigenvalue weighted by molar-refractivity contribution is 0.750. The molecule has 12 heavy (non-hydrogen) atoms. The van der Waals surface area contributed by atoms with Crippen molar-refractivity contribution in [1.29, 1.82) is 0 Å². The molecule has 1 aliphatic heterocycles. The van der Waals surface area contributed by atoms with Crippen LogP contribution in [0.3, 0.4) is 0 Å². The molecular weight excluding hydrogens is 168 g/mol. The molecule has 1 unspecified atom stereocenters. The smallest absolute Gasteiger partial charge is 0.0972 e. The van der Waals surface area contributed by atoms with Crippen molar-refractivity contribution in [3.8, 4) is 0 Å². The third-order valence-corrected chi connectivity index (χ3v) is 3.40. The van der Waals surface area contributed by atoms with Crippen molar-refractivity contribution in [2.24, 2.45) is 0 Å². The molecular formula is C9H14N2S. The third kappa shape index (κ3) is 1.52. The second-order valence-corrected chi connectivity index (χ2v) is 4.11. The molecule has 2 rings (SSSR count). The lowest BCUT2D eigenvalue weighted by atomic mass is 10.1. The summed E-state index contributed by atoms with van der Waals surface area (Å²) >= 11 is 1.82. The minimum atomic E-state index is 0.690. The van der Waals surface area contributed by atoms with E-state index < -0.39 is 0 Å². The van der Waals surface area contributed by atoms with E-state index in [0.29, 0.717) is 5.92 Å². The molecule has 1 aliphatic rings. The first-order chi connectivity index (χ1) is 5.90. The topological polar surface area (TPSA) is 24.9 Å². The first-order valence-electron chi connectivity index (χ1n) is 4.55. The highest BCUT2D eigenvalue weighted by Gasteiger charge is 2.19. The van der Waals surface area contributed by atoms with Crippen molar-refractivity contribution in [3.05, 3.63) is 16.1 Å². The van der Waals surface area contributed by atoms with Gasteiger partial charge in [0.2, 0.25) is 0 Å². The second-order valence-electron chi connectivity index (χ2n) is 3.22. The molecule has 0 amide bonds. The first-order valence-corrected chi connectivity index (χ1v) is 5.43. The van der Waals surface area contributed by atoms with Gasteiger partial charge in [0.05, 0.1) is 10.7 Å². The van der Waals surface area contributed by atoms with Gasteiger partial charge in [0.25, 0.3) is 0 Å². The quantitative estimate of drug-likeness (QED) is 0.754. The van der Waals surface area contributed by atoms with Crippen molar-refractivity contribution >= 4 is 11.3 Å². The summed E-state index contributed by atoms with van der Waals surface area (Å²) < 4.78 is 0. The molecule has 0 saturated carbocycles. The molecule has 0 bridgehead atoms. The van der Waals surface area contributed by atoms with Crippen LogP contribution in [0.2, 0.25) is 0 Å². The Balaban J connectivity index is 2.11. The zero-order valence-electron chi connectivity index (χ0n) is 7.34. The standard InChI is InChI=1S/C9H14N2S/c1-2-8-6-12-9(11-8)7-3-4-10-5-7/h6-7,10H,2-5H2,1H3. The summed E-state index contributed by atoms with van der Waals surface area (Å²) in [6.45, 7) is 4.44. The van der Waals surface area contributed by atoms with E-state index in [2.05, 4.69) is 22.6 Å². The summed E-state index contributed by atoms with van der Waals surface area (Å²) in [5, 5.41) is 6.88. The summed E-state index contributed by atoms with van der Waals surface area (Å²) in [4.78, 5) is 4.59. The predicted molar refractivity (Wildman–Crippen MR) is 51.7 cm³/mol. The molecule has 1 saturated heterocycles. The van der Waals surface area contributed by atoms with Crippen LogP contribution in [-0.4, -0.2) is 18.1 Å². The highest BCUT2D eigenvalue weighted by Crippen LogP contribution is 2.25. The molecule has 0 aromatic carbocycles. The minimum Gasteiger partial charge on any atom is -0.316 e. The van der Waals surface area contributed by atoms with Crippen LogP contribution in [0.25, 0.3) is 0 Å². The van der Waals surface area contributed by atoms with Gasteiger partial charge in [-0.05, 0) is 19.4 Å². The van der Waals surface area contributed by atoms with Crippen LogP contribution in [-0.2, 0) is 6.42 Å². The van der Waals surface area contributed by atoms with Crippen LogP contribution in [0.15, 0.2) is 5.38 Å². The van der Waals surface area contributed by atoms with Gasteiger partial charge in [-0.25, -0.2) is 4.98 Å². The first kappa shape index (κ1) is 8.20. The van der Waals surface area contributed by atoms with Crippen LogP contribution in [0, 0.1) is 0 Å². The minimum absolute atomic E-state index is 0.690. The number of aryl methyl sites for hydroxylation is 1. The van der Waals surface area contributed by atoms with Crippen molar-refractivity contribution in [2.45, 2.75) is 25.7 Å². The number of aromatic nitrogens is 1. The van der Waals surface area contributed by atoms with Gasteiger partial charge < -0.3 is 5.32 Å². The van der Waals surface area contributed by atoms with Gasteiger partial charge in [0.1, 0.15) is 0 Å². The largest absolute Gasteiger partial charge is 0.316 e. The number of hydrogen-bond donors (Lipinski definition) is 1. The maximum absolute atomic E-state index is 4.59. The number of nitrogens with zero attached hydrogens (tertiary/aromatic N) is 1. The second kappa shape index (κ2) is 3.54. The normalized spacial score (nSPS) is 23.2. The lowest BCUT2D eigenvalue weighted by Gasteiger charge is -2.01. The number of thiazole rings is 1. The SMILES string of the molecule is CCc1csc(C2CCNC2)n1. The fourth-order valence-corrected chi connectivity index (χ4v) is 2.58. The van der Waals surface area contributed by atoms with E-state index in [-0.39, 0.29) is 0 Å². The number of nitrogens with one attached hydrogen (secondary N) is 1. The average molecular weight is 182 g/mol. The summed E-state index contributed by atoms with van der Waals surface area (Å²) in [5.41, 5.74) is 1.25. The molecule has 0 radical (unpaired) electrons. The Morgan fingerprint density at radius 1 is 1.75 bits per heavy atom. The lowest BCUT2D eigenvalue weighted by Crippen LogP contribution is -2.07. The molecule has 1 N–H and O–H groups in total. The van der Waals surface area contributed by atoms with Crippen LogP contribution < -0.4 is 5.32 Å². The van der Waals surface area contributed by atoms with Gasteiger partial charge in [-0.1, -0.05) is 6.92 Å². The van der Waals surface area contributed by atoms with Crippen molar-refractivity contribution in [3.63, 3.8) is 0 Å². The Morgan fingerprint density at radius 3 is 3.25 bits per heavy atom. The Kier molecular flexibility index (Phi) is 2.42. The molecule has 2 heterocycles. The predicted octanol–water partition coefficient (Wildman–Crippen LogP) is 1.78. The fraction of sp³-hybridized carbons (Fsp3) is 0.667. The Hall–Kier alpha value is -0.410. The van der Waals surface area contributed by atoms with E-state index in [0.717, 1.165) is 19.5 Å². The van der Waals surface area contributed by atoms with Crippen LogP contribution in [0.1, 0.15) is 30.0 Å². The van der Waals surface area contributed by atoms with E-state index in [1.165, 1.54) is 17.1 Å². The molecule has 66 valence electrons. The average Bonchev–Trinajstić information content (AvgIpc) is 2.75. The summed E-state index contributed by atoms with van der Waals surface area (Å²) in [6.07, 6.45) is 2.33. The monoisotopic (exact) mass is 182 g/mol. The maximum Gasteiger partial charge on any atom is 0.0972 e. The van der Waals surface area contributed by atoms with Crippen LogP contribution in [0.5, 0.6) is 0 Å². The molecule has 2 nitrogen and oxygen atoms in total. The van der Waals surface area contributed by atoms with Gasteiger partial charge >= 0.3 is 0 Å². The Labute approximate surface area is 77.0 Å². The van der Waals surface area contributed by atoms with E-state index in [9.17, 15) is 0 Å². The number of hydrogen-bond acceptors (Lipinski definition) is 3. The molecule has 1 fully saturated rings. The van der Waals surface area contributed by atoms with Crippen molar-refractivity contribution in [1.82, 2.24) is 10.3 Å². The summed E-state index contributed by atoms with van der Waals surface area (Å²) in [7, 11) is 0. The van der Waals surface area contributed by atoms with E-state index >= 15 is 0 Å². The van der Waals surface area contributed by atoms with E-state index in [4.69, 9.17) is 0 Å². The van der Waals surface area contributed by atoms with Crippen LogP contribution in [0.4, 0.5) is 0 Å². The summed E-state index contributed by atoms with van der Waals surface area (Å²) in [6, 6.07) is 0. The third-order valence-electron chi connectivity index (χ3n) is 2.34. The highest BCUT2D eigenvalue weighted by atomic mass is 32.1. The molecule has 0 spiro atoms. The Bertz CT molecular complexity index is 251. The molecule has 0 aliphatic carbocycles. The zero-order valence-corrected chi connectivity index (χ0v) is 8.16.